The first kappa shape index (κ1) is 23.2. The Morgan fingerprint density at radius 2 is 1.91 bits per heavy atom. The topological polar surface area (TPSA) is 85.7 Å². The van der Waals surface area contributed by atoms with Crippen molar-refractivity contribution in [2.45, 2.75) is 44.6 Å². The van der Waals surface area contributed by atoms with Gasteiger partial charge in [-0.05, 0) is 55.9 Å². The number of carbonyl (C=O) groups is 1. The molecule has 1 aromatic heterocycles. The molecule has 1 aliphatic carbocycles. The summed E-state index contributed by atoms with van der Waals surface area (Å²) in [5, 5.41) is 7.68. The molecule has 3 heterocycles. The van der Waals surface area contributed by atoms with Crippen LogP contribution in [-0.4, -0.2) is 59.5 Å². The van der Waals surface area contributed by atoms with E-state index in [1.807, 2.05) is 17.0 Å². The maximum atomic E-state index is 12.8. The molecule has 9 heteroatoms. The van der Waals surface area contributed by atoms with E-state index in [1.165, 1.54) is 4.68 Å². The zero-order valence-corrected chi connectivity index (χ0v) is 20.0. The SMILES string of the molecule is O=C(C1CC1)N1CCC(Oc2ccc(-n3ncc(NC[C@@H]4CCCOC4)c(Cl)c3=O)cc2)CC1. The van der Waals surface area contributed by atoms with E-state index >= 15 is 0 Å². The molecular weight excluding hydrogens is 456 g/mol. The first-order valence-corrected chi connectivity index (χ1v) is 12.6. The number of hydrogen-bond acceptors (Lipinski definition) is 6. The third kappa shape index (κ3) is 5.39. The largest absolute Gasteiger partial charge is 0.490 e. The van der Waals surface area contributed by atoms with Gasteiger partial charge in [0.15, 0.2) is 0 Å². The quantitative estimate of drug-likeness (QED) is 0.644. The molecule has 2 aromatic rings. The fraction of sp³-hybridized carbons (Fsp3) is 0.560. The number of halogens is 1. The number of anilines is 1. The average molecular weight is 487 g/mol. The molecule has 0 bridgehead atoms. The number of amides is 1. The first-order chi connectivity index (χ1) is 16.6. The maximum absolute atomic E-state index is 12.8. The number of hydrogen-bond donors (Lipinski definition) is 1. The van der Waals surface area contributed by atoms with Gasteiger partial charge in [-0.2, -0.15) is 9.78 Å². The van der Waals surface area contributed by atoms with Gasteiger partial charge in [0.25, 0.3) is 5.56 Å². The summed E-state index contributed by atoms with van der Waals surface area (Å²) >= 11 is 6.36. The second-order valence-electron chi connectivity index (χ2n) is 9.46. The number of nitrogens with zero attached hydrogens (tertiary/aromatic N) is 3. The zero-order chi connectivity index (χ0) is 23.5. The van der Waals surface area contributed by atoms with Gasteiger partial charge in [0.05, 0.1) is 24.2 Å². The van der Waals surface area contributed by atoms with Gasteiger partial charge in [-0.15, -0.1) is 0 Å². The molecule has 1 N–H and O–H groups in total. The van der Waals surface area contributed by atoms with Crippen molar-refractivity contribution in [3.63, 3.8) is 0 Å². The Labute approximate surface area is 204 Å². The Bertz CT molecular complexity index is 1060. The van der Waals surface area contributed by atoms with Crippen molar-refractivity contribution in [3.8, 4) is 11.4 Å². The molecule has 0 unspecified atom stereocenters. The molecule has 0 radical (unpaired) electrons. The summed E-state index contributed by atoms with van der Waals surface area (Å²) in [6.07, 6.45) is 7.58. The maximum Gasteiger partial charge on any atom is 0.292 e. The van der Waals surface area contributed by atoms with Gasteiger partial charge in [-0.3, -0.25) is 9.59 Å². The second-order valence-corrected chi connectivity index (χ2v) is 9.84. The normalized spacial score (nSPS) is 21.3. The number of ether oxygens (including phenoxy) is 2. The van der Waals surface area contributed by atoms with E-state index in [0.717, 1.165) is 70.6 Å². The third-order valence-corrected chi connectivity index (χ3v) is 7.18. The van der Waals surface area contributed by atoms with Crippen LogP contribution in [0.1, 0.15) is 38.5 Å². The van der Waals surface area contributed by atoms with Crippen LogP contribution < -0.4 is 15.6 Å². The minimum absolute atomic E-state index is 0.0873. The van der Waals surface area contributed by atoms with E-state index in [1.54, 1.807) is 18.3 Å². The predicted molar refractivity (Wildman–Crippen MR) is 130 cm³/mol. The van der Waals surface area contributed by atoms with Crippen molar-refractivity contribution in [1.82, 2.24) is 14.7 Å². The number of carbonyl (C=O) groups excluding carboxylic acids is 1. The summed E-state index contributed by atoms with van der Waals surface area (Å²) < 4.78 is 12.9. The number of rotatable bonds is 7. The minimum Gasteiger partial charge on any atom is -0.490 e. The van der Waals surface area contributed by atoms with Gasteiger partial charge in [0.2, 0.25) is 5.91 Å². The summed E-state index contributed by atoms with van der Waals surface area (Å²) in [6.45, 7) is 3.75. The minimum atomic E-state index is -0.368. The van der Waals surface area contributed by atoms with Gasteiger partial charge in [0, 0.05) is 45.0 Å². The lowest BCUT2D eigenvalue weighted by Gasteiger charge is -2.32. The van der Waals surface area contributed by atoms with Gasteiger partial charge < -0.3 is 19.7 Å². The predicted octanol–water partition coefficient (Wildman–Crippen LogP) is 3.50. The Hall–Kier alpha value is -2.58. The van der Waals surface area contributed by atoms with E-state index in [4.69, 9.17) is 21.1 Å². The molecule has 0 spiro atoms. The summed E-state index contributed by atoms with van der Waals surface area (Å²) in [4.78, 5) is 27.0. The molecule has 3 fully saturated rings. The highest BCUT2D eigenvalue weighted by Gasteiger charge is 2.35. The lowest BCUT2D eigenvalue weighted by atomic mass is 10.0. The monoisotopic (exact) mass is 486 g/mol. The second kappa shape index (κ2) is 10.4. The van der Waals surface area contributed by atoms with Crippen molar-refractivity contribution in [3.05, 3.63) is 45.8 Å². The summed E-state index contributed by atoms with van der Waals surface area (Å²) in [5.74, 6) is 1.73. The van der Waals surface area contributed by atoms with E-state index in [2.05, 4.69) is 10.4 Å². The Balaban J connectivity index is 1.17. The molecule has 2 saturated heterocycles. The van der Waals surface area contributed by atoms with E-state index in [9.17, 15) is 9.59 Å². The molecule has 2 aliphatic heterocycles. The van der Waals surface area contributed by atoms with E-state index < -0.39 is 0 Å². The fourth-order valence-corrected chi connectivity index (χ4v) is 4.80. The molecule has 1 aromatic carbocycles. The standard InChI is InChI=1S/C25H31ClN4O4/c26-23-22(27-14-17-2-1-13-33-16-17)15-28-30(25(23)32)19-5-7-20(8-6-19)34-21-9-11-29(12-10-21)24(31)18-3-4-18/h5-8,15,17-18,21,27H,1-4,9-14,16H2/t17-/m0/s1. The Morgan fingerprint density at radius 1 is 1.15 bits per heavy atom. The zero-order valence-electron chi connectivity index (χ0n) is 19.2. The highest BCUT2D eigenvalue weighted by atomic mass is 35.5. The lowest BCUT2D eigenvalue weighted by molar-refractivity contribution is -0.134. The van der Waals surface area contributed by atoms with Gasteiger partial charge >= 0.3 is 0 Å². The third-order valence-electron chi connectivity index (χ3n) is 6.82. The average Bonchev–Trinajstić information content (AvgIpc) is 3.72. The van der Waals surface area contributed by atoms with Crippen LogP contribution in [0.15, 0.2) is 35.3 Å². The van der Waals surface area contributed by atoms with Crippen LogP contribution in [0.2, 0.25) is 5.02 Å². The van der Waals surface area contributed by atoms with Crippen molar-refractivity contribution < 1.29 is 14.3 Å². The molecule has 1 amide bonds. The first-order valence-electron chi connectivity index (χ1n) is 12.2. The molecule has 5 rings (SSSR count). The summed E-state index contributed by atoms with van der Waals surface area (Å²) in [7, 11) is 0. The lowest BCUT2D eigenvalue weighted by Crippen LogP contribution is -2.42. The van der Waals surface area contributed by atoms with Crippen LogP contribution in [0.5, 0.6) is 5.75 Å². The highest BCUT2D eigenvalue weighted by Crippen LogP contribution is 2.32. The van der Waals surface area contributed by atoms with Crippen molar-refractivity contribution in [1.29, 1.82) is 0 Å². The van der Waals surface area contributed by atoms with Crippen LogP contribution in [-0.2, 0) is 9.53 Å². The number of nitrogens with one attached hydrogen (secondary N) is 1. The molecule has 8 nitrogen and oxygen atoms in total. The van der Waals surface area contributed by atoms with Crippen LogP contribution in [0.4, 0.5) is 5.69 Å². The summed E-state index contributed by atoms with van der Waals surface area (Å²) in [6, 6.07) is 7.29. The van der Waals surface area contributed by atoms with E-state index in [0.29, 0.717) is 29.7 Å². The van der Waals surface area contributed by atoms with Crippen molar-refractivity contribution in [2.75, 3.05) is 38.2 Å². The highest BCUT2D eigenvalue weighted by molar-refractivity contribution is 6.32. The smallest absolute Gasteiger partial charge is 0.292 e. The molecule has 3 aliphatic rings. The van der Waals surface area contributed by atoms with Crippen molar-refractivity contribution in [2.24, 2.45) is 11.8 Å². The van der Waals surface area contributed by atoms with Gasteiger partial charge in [-0.1, -0.05) is 11.6 Å². The van der Waals surface area contributed by atoms with Crippen LogP contribution in [0.3, 0.4) is 0 Å². The molecule has 1 atom stereocenters. The van der Waals surface area contributed by atoms with Crippen LogP contribution >= 0.6 is 11.6 Å². The molecule has 34 heavy (non-hydrogen) atoms. The Morgan fingerprint density at radius 3 is 2.59 bits per heavy atom. The van der Waals surface area contributed by atoms with E-state index in [-0.39, 0.29) is 22.6 Å². The number of aromatic nitrogens is 2. The van der Waals surface area contributed by atoms with Gasteiger partial charge in [0.1, 0.15) is 16.9 Å². The van der Waals surface area contributed by atoms with Crippen LogP contribution in [0.25, 0.3) is 5.69 Å². The molecular formula is C25H31ClN4O4. The number of benzene rings is 1. The Kier molecular flexibility index (Phi) is 7.06. The van der Waals surface area contributed by atoms with Crippen molar-refractivity contribution >= 4 is 23.2 Å². The summed E-state index contributed by atoms with van der Waals surface area (Å²) in [5.41, 5.74) is 0.796. The fourth-order valence-electron chi connectivity index (χ4n) is 4.60. The molecule has 182 valence electrons. The van der Waals surface area contributed by atoms with Gasteiger partial charge in [-0.25, -0.2) is 0 Å². The van der Waals surface area contributed by atoms with Crippen LogP contribution in [0, 0.1) is 11.8 Å². The molecule has 1 saturated carbocycles. The number of piperidine rings is 1. The number of likely N-dealkylation sites (tertiary alicyclic amines) is 1.